The maximum Gasteiger partial charge on any atom is 0.127 e. The summed E-state index contributed by atoms with van der Waals surface area (Å²) < 4.78 is 16.8. The molecule has 0 saturated carbocycles. The number of halogens is 1. The Labute approximate surface area is 160 Å². The molecule has 0 spiro atoms. The highest BCUT2D eigenvalue weighted by Gasteiger charge is 2.18. The molecule has 5 rings (SSSR count). The number of hydrogen-bond donors (Lipinski definition) is 0. The first-order valence-corrected chi connectivity index (χ1v) is 9.70. The number of rotatable bonds is 3. The molecule has 4 heteroatoms. The average Bonchev–Trinajstić information content (AvgIpc) is 3.22. The van der Waals surface area contributed by atoms with Gasteiger partial charge in [0.1, 0.15) is 10.8 Å². The number of hydrogen-bond acceptors (Lipinski definition) is 2. The minimum Gasteiger partial charge on any atom is -0.340 e. The van der Waals surface area contributed by atoms with Gasteiger partial charge < -0.3 is 4.57 Å². The van der Waals surface area contributed by atoms with Crippen LogP contribution >= 0.6 is 11.3 Å². The van der Waals surface area contributed by atoms with E-state index in [-0.39, 0.29) is 5.82 Å². The topological polar surface area (TPSA) is 17.8 Å². The van der Waals surface area contributed by atoms with E-state index in [1.165, 1.54) is 39.0 Å². The van der Waals surface area contributed by atoms with Crippen molar-refractivity contribution in [3.05, 3.63) is 89.9 Å². The Morgan fingerprint density at radius 2 is 1.67 bits per heavy atom. The van der Waals surface area contributed by atoms with Gasteiger partial charge >= 0.3 is 0 Å². The van der Waals surface area contributed by atoms with Gasteiger partial charge in [-0.15, -0.1) is 11.3 Å². The van der Waals surface area contributed by atoms with Gasteiger partial charge in [0.2, 0.25) is 0 Å². The summed E-state index contributed by atoms with van der Waals surface area (Å²) in [6, 6.07) is 23.4. The summed E-state index contributed by atoms with van der Waals surface area (Å²) in [6.45, 7) is 2.85. The average molecular weight is 372 g/mol. The van der Waals surface area contributed by atoms with Crippen LogP contribution in [0.1, 0.15) is 11.3 Å². The maximum absolute atomic E-state index is 13.3. The molecule has 0 bridgehead atoms. The van der Waals surface area contributed by atoms with Crippen molar-refractivity contribution in [2.45, 2.75) is 13.5 Å². The third-order valence-corrected chi connectivity index (χ3v) is 6.05. The van der Waals surface area contributed by atoms with Crippen LogP contribution in [0.5, 0.6) is 0 Å². The molecule has 5 aromatic rings. The monoisotopic (exact) mass is 372 g/mol. The van der Waals surface area contributed by atoms with Gasteiger partial charge in [0.15, 0.2) is 0 Å². The first-order valence-electron chi connectivity index (χ1n) is 8.89. The largest absolute Gasteiger partial charge is 0.340 e. The van der Waals surface area contributed by atoms with Gasteiger partial charge in [0.05, 0.1) is 10.2 Å². The van der Waals surface area contributed by atoms with E-state index in [9.17, 15) is 4.39 Å². The van der Waals surface area contributed by atoms with Crippen molar-refractivity contribution in [1.29, 1.82) is 0 Å². The van der Waals surface area contributed by atoms with Crippen LogP contribution < -0.4 is 0 Å². The third-order valence-electron chi connectivity index (χ3n) is 4.99. The van der Waals surface area contributed by atoms with E-state index in [0.29, 0.717) is 6.54 Å². The second-order valence-electron chi connectivity index (χ2n) is 6.68. The molecule has 27 heavy (non-hydrogen) atoms. The van der Waals surface area contributed by atoms with E-state index < -0.39 is 0 Å². The second kappa shape index (κ2) is 6.32. The molecule has 0 radical (unpaired) electrons. The summed E-state index contributed by atoms with van der Waals surface area (Å²) in [5, 5.41) is 2.25. The molecule has 0 aliphatic rings. The minimum atomic E-state index is -0.206. The molecule has 0 N–H and O–H groups in total. The first-order chi connectivity index (χ1) is 13.2. The van der Waals surface area contributed by atoms with Crippen LogP contribution in [0.2, 0.25) is 0 Å². The third kappa shape index (κ3) is 2.73. The van der Waals surface area contributed by atoms with Crippen LogP contribution in [0.3, 0.4) is 0 Å². The zero-order valence-corrected chi connectivity index (χ0v) is 15.6. The number of thiazole rings is 1. The molecule has 0 aliphatic carbocycles. The van der Waals surface area contributed by atoms with Crippen molar-refractivity contribution in [2.75, 3.05) is 0 Å². The van der Waals surface area contributed by atoms with Crippen molar-refractivity contribution in [3.8, 4) is 10.6 Å². The summed E-state index contributed by atoms with van der Waals surface area (Å²) in [4.78, 5) is 4.88. The Kier molecular flexibility index (Phi) is 3.80. The zero-order chi connectivity index (χ0) is 18.4. The summed E-state index contributed by atoms with van der Waals surface area (Å²) in [5.74, 6) is -0.206. The highest BCUT2D eigenvalue weighted by atomic mass is 32.1. The molecule has 2 aromatic heterocycles. The first kappa shape index (κ1) is 16.2. The Hall–Kier alpha value is -2.98. The molecule has 0 unspecified atom stereocenters. The number of fused-ring (bicyclic) bond motifs is 2. The molecule has 3 aromatic carbocycles. The van der Waals surface area contributed by atoms with Gasteiger partial charge in [-0.2, -0.15) is 0 Å². The van der Waals surface area contributed by atoms with E-state index >= 15 is 0 Å². The van der Waals surface area contributed by atoms with Crippen molar-refractivity contribution < 1.29 is 4.39 Å². The molecular formula is C23H17FN2S. The van der Waals surface area contributed by atoms with Gasteiger partial charge in [0, 0.05) is 28.7 Å². The van der Waals surface area contributed by atoms with Crippen LogP contribution in [0.25, 0.3) is 31.7 Å². The molecule has 0 fully saturated rings. The lowest BCUT2D eigenvalue weighted by atomic mass is 10.1. The fourth-order valence-electron chi connectivity index (χ4n) is 3.66. The van der Waals surface area contributed by atoms with Gasteiger partial charge in [-0.3, -0.25) is 0 Å². The summed E-state index contributed by atoms with van der Waals surface area (Å²) in [7, 11) is 0. The highest BCUT2D eigenvalue weighted by Crippen LogP contribution is 2.38. The van der Waals surface area contributed by atoms with E-state index in [1.54, 1.807) is 11.3 Å². The normalized spacial score (nSPS) is 11.5. The van der Waals surface area contributed by atoms with Crippen molar-refractivity contribution >= 4 is 32.5 Å². The lowest BCUT2D eigenvalue weighted by molar-refractivity contribution is 0.626. The van der Waals surface area contributed by atoms with Crippen LogP contribution in [0, 0.1) is 12.7 Å². The highest BCUT2D eigenvalue weighted by molar-refractivity contribution is 7.21. The van der Waals surface area contributed by atoms with E-state index in [1.807, 2.05) is 18.2 Å². The Bertz CT molecular complexity index is 1230. The van der Waals surface area contributed by atoms with Crippen molar-refractivity contribution in [2.24, 2.45) is 0 Å². The number of nitrogens with zero attached hydrogens (tertiary/aromatic N) is 2. The molecule has 0 atom stereocenters. The van der Waals surface area contributed by atoms with Gasteiger partial charge in [0.25, 0.3) is 0 Å². The van der Waals surface area contributed by atoms with Crippen LogP contribution in [0.15, 0.2) is 72.8 Å². The smallest absolute Gasteiger partial charge is 0.127 e. The molecule has 0 aliphatic heterocycles. The molecule has 0 amide bonds. The predicted octanol–water partition coefficient (Wildman–Crippen LogP) is 6.41. The molecule has 2 nitrogen and oxygen atoms in total. The zero-order valence-electron chi connectivity index (χ0n) is 14.8. The van der Waals surface area contributed by atoms with Crippen LogP contribution in [-0.2, 0) is 6.54 Å². The Morgan fingerprint density at radius 3 is 2.48 bits per heavy atom. The fourth-order valence-corrected chi connectivity index (χ4v) is 4.73. The summed E-state index contributed by atoms with van der Waals surface area (Å²) in [5.41, 5.74) is 5.66. The quantitative estimate of drug-likeness (QED) is 0.358. The number of benzene rings is 3. The fraction of sp³-hybridized carbons (Fsp3) is 0.0870. The van der Waals surface area contributed by atoms with Crippen molar-refractivity contribution in [1.82, 2.24) is 9.55 Å². The summed E-state index contributed by atoms with van der Waals surface area (Å²) >= 11 is 1.73. The Morgan fingerprint density at radius 1 is 0.926 bits per heavy atom. The van der Waals surface area contributed by atoms with Crippen LogP contribution in [-0.4, -0.2) is 9.55 Å². The number of aromatic nitrogens is 2. The predicted molar refractivity (Wildman–Crippen MR) is 111 cm³/mol. The Balaban J connectivity index is 1.71. The molecule has 2 heterocycles. The molecule has 0 saturated heterocycles. The maximum atomic E-state index is 13.3. The van der Waals surface area contributed by atoms with Gasteiger partial charge in [-0.1, -0.05) is 42.5 Å². The van der Waals surface area contributed by atoms with E-state index in [2.05, 4.69) is 54.0 Å². The molecular weight excluding hydrogens is 355 g/mol. The minimum absolute atomic E-state index is 0.206. The van der Waals surface area contributed by atoms with E-state index in [4.69, 9.17) is 4.98 Å². The lowest BCUT2D eigenvalue weighted by Gasteiger charge is -2.09. The van der Waals surface area contributed by atoms with Gasteiger partial charge in [-0.25, -0.2) is 9.37 Å². The van der Waals surface area contributed by atoms with Crippen molar-refractivity contribution in [3.63, 3.8) is 0 Å². The number of para-hydroxylation sites is 2. The van der Waals surface area contributed by atoms with Gasteiger partial charge in [-0.05, 0) is 42.8 Å². The van der Waals surface area contributed by atoms with Crippen LogP contribution in [0.4, 0.5) is 4.39 Å². The standard InChI is InChI=1S/C23H17FN2S/c1-15-22(23-25-19-7-3-5-9-21(19)27-23)18-6-2-4-8-20(18)26(15)14-16-10-12-17(24)13-11-16/h2-13H,14H2,1H3. The van der Waals surface area contributed by atoms with E-state index in [0.717, 1.165) is 16.1 Å². The second-order valence-corrected chi connectivity index (χ2v) is 7.71. The SMILES string of the molecule is Cc1c(-c2nc3ccccc3s2)c2ccccc2n1Cc1ccc(F)cc1. The lowest BCUT2D eigenvalue weighted by Crippen LogP contribution is -2.01. The summed E-state index contributed by atoms with van der Waals surface area (Å²) in [6.07, 6.45) is 0. The molecule has 132 valence electrons.